The van der Waals surface area contributed by atoms with Crippen molar-refractivity contribution in [2.24, 2.45) is 0 Å². The zero-order valence-electron chi connectivity index (χ0n) is 13.6. The molecule has 0 unspecified atom stereocenters. The van der Waals surface area contributed by atoms with Crippen LogP contribution in [0.15, 0.2) is 30.3 Å². The van der Waals surface area contributed by atoms with Crippen LogP contribution in [0, 0.1) is 0 Å². The third kappa shape index (κ3) is 4.38. The number of β-amino-alcohol motifs (C(OH)–C–C–N with tert-alkyl or cyclic N) is 1. The molecule has 3 rings (SSSR count). The predicted octanol–water partition coefficient (Wildman–Crippen LogP) is 1.03. The molecule has 0 aliphatic carbocycles. The van der Waals surface area contributed by atoms with E-state index >= 15 is 0 Å². The van der Waals surface area contributed by atoms with Gasteiger partial charge in [0.1, 0.15) is 0 Å². The molecule has 0 spiro atoms. The molecule has 1 aromatic rings. The van der Waals surface area contributed by atoms with E-state index in [1.807, 2.05) is 30.3 Å². The molecule has 2 aliphatic heterocycles. The minimum atomic E-state index is -0.294. The Labute approximate surface area is 137 Å². The topological polar surface area (TPSA) is 53.0 Å². The summed E-state index contributed by atoms with van der Waals surface area (Å²) in [6.45, 7) is 5.80. The van der Waals surface area contributed by atoms with E-state index in [9.17, 15) is 9.90 Å². The van der Waals surface area contributed by atoms with Crippen LogP contribution in [0.1, 0.15) is 23.2 Å². The smallest absolute Gasteiger partial charge is 0.162 e. The van der Waals surface area contributed by atoms with Crippen molar-refractivity contribution in [3.05, 3.63) is 35.9 Å². The van der Waals surface area contributed by atoms with Crippen LogP contribution in [0.5, 0.6) is 0 Å². The molecule has 23 heavy (non-hydrogen) atoms. The van der Waals surface area contributed by atoms with Gasteiger partial charge in [-0.2, -0.15) is 0 Å². The number of rotatable bonds is 6. The molecular weight excluding hydrogens is 292 g/mol. The van der Waals surface area contributed by atoms with E-state index in [0.29, 0.717) is 13.0 Å². The highest BCUT2D eigenvalue weighted by Gasteiger charge is 2.35. The molecule has 0 amide bonds. The van der Waals surface area contributed by atoms with Crippen molar-refractivity contribution >= 4 is 5.78 Å². The molecule has 5 heteroatoms. The molecule has 0 bridgehead atoms. The van der Waals surface area contributed by atoms with Gasteiger partial charge in [0, 0.05) is 44.2 Å². The number of Topliss-reactive ketones (excluding diaryl/α,β-unsaturated/α-hetero) is 1. The lowest BCUT2D eigenvalue weighted by atomic mass is 10.1. The Morgan fingerprint density at radius 1 is 1.17 bits per heavy atom. The normalized spacial score (nSPS) is 26.5. The molecule has 2 heterocycles. The zero-order valence-corrected chi connectivity index (χ0v) is 13.6. The van der Waals surface area contributed by atoms with E-state index < -0.39 is 0 Å². The number of hydrogen-bond donors (Lipinski definition) is 1. The second kappa shape index (κ2) is 8.02. The van der Waals surface area contributed by atoms with Gasteiger partial charge in [-0.15, -0.1) is 0 Å². The highest BCUT2D eigenvalue weighted by atomic mass is 16.5. The summed E-state index contributed by atoms with van der Waals surface area (Å²) >= 11 is 0. The van der Waals surface area contributed by atoms with Crippen molar-refractivity contribution in [2.45, 2.75) is 25.0 Å². The molecule has 0 saturated carbocycles. The third-order valence-electron chi connectivity index (χ3n) is 4.82. The Hall–Kier alpha value is -1.27. The number of ketones is 1. The summed E-state index contributed by atoms with van der Waals surface area (Å²) in [5.41, 5.74) is 0.792. The fraction of sp³-hybridized carbons (Fsp3) is 0.611. The minimum Gasteiger partial charge on any atom is -0.390 e. The summed E-state index contributed by atoms with van der Waals surface area (Å²) in [4.78, 5) is 16.7. The number of ether oxygens (including phenoxy) is 1. The van der Waals surface area contributed by atoms with Crippen LogP contribution in [0.3, 0.4) is 0 Å². The summed E-state index contributed by atoms with van der Waals surface area (Å²) in [7, 11) is 0. The SMILES string of the molecule is O=C(CCCN1C[C@H](O)[C@@H](N2CCOCC2)C1)c1ccccc1. The number of aliphatic hydroxyl groups is 1. The molecule has 2 atom stereocenters. The Bertz CT molecular complexity index is 502. The Morgan fingerprint density at radius 3 is 2.65 bits per heavy atom. The molecule has 1 aromatic carbocycles. The van der Waals surface area contributed by atoms with Gasteiger partial charge in [-0.25, -0.2) is 0 Å². The second-order valence-corrected chi connectivity index (χ2v) is 6.44. The Morgan fingerprint density at radius 2 is 1.91 bits per heavy atom. The van der Waals surface area contributed by atoms with Gasteiger partial charge in [0.25, 0.3) is 0 Å². The lowest BCUT2D eigenvalue weighted by Gasteiger charge is -2.33. The van der Waals surface area contributed by atoms with E-state index in [1.165, 1.54) is 0 Å². The van der Waals surface area contributed by atoms with Gasteiger partial charge in [0.2, 0.25) is 0 Å². The van der Waals surface area contributed by atoms with E-state index in [-0.39, 0.29) is 17.9 Å². The van der Waals surface area contributed by atoms with Crippen molar-refractivity contribution < 1.29 is 14.6 Å². The maximum Gasteiger partial charge on any atom is 0.162 e. The van der Waals surface area contributed by atoms with Crippen LogP contribution >= 0.6 is 0 Å². The largest absolute Gasteiger partial charge is 0.390 e. The van der Waals surface area contributed by atoms with Crippen LogP contribution in [-0.4, -0.2) is 78.8 Å². The van der Waals surface area contributed by atoms with E-state index in [0.717, 1.165) is 51.4 Å². The lowest BCUT2D eigenvalue weighted by Crippen LogP contribution is -2.48. The van der Waals surface area contributed by atoms with Crippen molar-refractivity contribution in [1.29, 1.82) is 0 Å². The van der Waals surface area contributed by atoms with Crippen molar-refractivity contribution in [2.75, 3.05) is 45.9 Å². The number of morpholine rings is 1. The fourth-order valence-electron chi connectivity index (χ4n) is 3.53. The number of benzene rings is 1. The number of nitrogens with zero attached hydrogens (tertiary/aromatic N) is 2. The first-order valence-corrected chi connectivity index (χ1v) is 8.54. The average Bonchev–Trinajstić information content (AvgIpc) is 2.97. The van der Waals surface area contributed by atoms with Gasteiger partial charge in [-0.05, 0) is 13.0 Å². The van der Waals surface area contributed by atoms with E-state index in [1.54, 1.807) is 0 Å². The van der Waals surface area contributed by atoms with Gasteiger partial charge >= 0.3 is 0 Å². The molecule has 126 valence electrons. The third-order valence-corrected chi connectivity index (χ3v) is 4.82. The number of hydrogen-bond acceptors (Lipinski definition) is 5. The quantitative estimate of drug-likeness (QED) is 0.794. The van der Waals surface area contributed by atoms with Crippen molar-refractivity contribution in [3.63, 3.8) is 0 Å². The Kier molecular flexibility index (Phi) is 5.78. The molecule has 2 aliphatic rings. The molecule has 1 N–H and O–H groups in total. The molecular formula is C18H26N2O3. The number of aliphatic hydroxyl groups excluding tert-OH is 1. The van der Waals surface area contributed by atoms with Crippen molar-refractivity contribution in [1.82, 2.24) is 9.80 Å². The summed E-state index contributed by atoms with van der Waals surface area (Å²) in [5.74, 6) is 0.204. The summed E-state index contributed by atoms with van der Waals surface area (Å²) < 4.78 is 5.38. The van der Waals surface area contributed by atoms with Gasteiger partial charge in [-0.3, -0.25) is 14.6 Å². The maximum atomic E-state index is 12.1. The second-order valence-electron chi connectivity index (χ2n) is 6.44. The van der Waals surface area contributed by atoms with Gasteiger partial charge in [0.15, 0.2) is 5.78 Å². The Balaban J connectivity index is 1.42. The first-order chi connectivity index (χ1) is 11.2. The van der Waals surface area contributed by atoms with Crippen LogP contribution in [0.4, 0.5) is 0 Å². The van der Waals surface area contributed by atoms with E-state index in [2.05, 4.69) is 9.80 Å². The number of carbonyl (C=O) groups is 1. The average molecular weight is 318 g/mol. The fourth-order valence-corrected chi connectivity index (χ4v) is 3.53. The minimum absolute atomic E-state index is 0.204. The molecule has 0 aromatic heterocycles. The van der Waals surface area contributed by atoms with Gasteiger partial charge in [0.05, 0.1) is 19.3 Å². The van der Waals surface area contributed by atoms with E-state index in [4.69, 9.17) is 4.74 Å². The summed E-state index contributed by atoms with van der Waals surface area (Å²) in [5, 5.41) is 10.3. The summed E-state index contributed by atoms with van der Waals surface area (Å²) in [6.07, 6.45) is 1.12. The molecule has 2 fully saturated rings. The first-order valence-electron chi connectivity index (χ1n) is 8.54. The predicted molar refractivity (Wildman–Crippen MR) is 88.6 cm³/mol. The highest BCUT2D eigenvalue weighted by molar-refractivity contribution is 5.95. The maximum absolute atomic E-state index is 12.1. The lowest BCUT2D eigenvalue weighted by molar-refractivity contribution is -0.00616. The molecule has 5 nitrogen and oxygen atoms in total. The van der Waals surface area contributed by atoms with Crippen molar-refractivity contribution in [3.8, 4) is 0 Å². The molecule has 2 saturated heterocycles. The highest BCUT2D eigenvalue weighted by Crippen LogP contribution is 2.18. The van der Waals surface area contributed by atoms with Gasteiger partial charge < -0.3 is 9.84 Å². The van der Waals surface area contributed by atoms with Crippen LogP contribution in [0.25, 0.3) is 0 Å². The van der Waals surface area contributed by atoms with Crippen LogP contribution in [0.2, 0.25) is 0 Å². The van der Waals surface area contributed by atoms with Crippen LogP contribution in [-0.2, 0) is 4.74 Å². The monoisotopic (exact) mass is 318 g/mol. The first kappa shape index (κ1) is 16.6. The standard InChI is InChI=1S/C18H26N2O3/c21-17(15-5-2-1-3-6-15)7-4-8-19-13-16(18(22)14-19)20-9-11-23-12-10-20/h1-3,5-6,16,18,22H,4,7-14H2/t16-,18-/m0/s1. The number of carbonyl (C=O) groups excluding carboxylic acids is 1. The molecule has 0 radical (unpaired) electrons. The summed E-state index contributed by atoms with van der Waals surface area (Å²) in [6, 6.07) is 9.68. The zero-order chi connectivity index (χ0) is 16.1. The van der Waals surface area contributed by atoms with Gasteiger partial charge in [-0.1, -0.05) is 30.3 Å². The van der Waals surface area contributed by atoms with Crippen LogP contribution < -0.4 is 0 Å². The number of likely N-dealkylation sites (tertiary alicyclic amines) is 1.